The molecule has 66 heavy (non-hydrogen) atoms. The van der Waals surface area contributed by atoms with Crippen molar-refractivity contribution in [2.45, 2.75) is 239 Å². The van der Waals surface area contributed by atoms with Crippen LogP contribution in [-0.4, -0.2) is 37.2 Å². The largest absolute Gasteiger partial charge is 0.462 e. The first-order valence-corrected chi connectivity index (χ1v) is 26.9. The summed E-state index contributed by atoms with van der Waals surface area (Å²) in [5.74, 6) is -1.05. The normalized spacial score (nSPS) is 13.0. The van der Waals surface area contributed by atoms with Gasteiger partial charge in [-0.3, -0.25) is 14.4 Å². The molecule has 6 heteroatoms. The third kappa shape index (κ3) is 51.1. The van der Waals surface area contributed by atoms with Crippen molar-refractivity contribution in [1.29, 1.82) is 0 Å². The summed E-state index contributed by atoms with van der Waals surface area (Å²) in [5, 5.41) is 0. The van der Waals surface area contributed by atoms with Crippen LogP contribution in [0.25, 0.3) is 0 Å². The molecule has 0 amide bonds. The molecule has 0 aromatic heterocycles. The van der Waals surface area contributed by atoms with E-state index in [4.69, 9.17) is 14.2 Å². The predicted octanol–water partition coefficient (Wildman–Crippen LogP) is 17.9. The van der Waals surface area contributed by atoms with Crippen LogP contribution in [-0.2, 0) is 28.6 Å². The Labute approximate surface area is 406 Å². The maximum absolute atomic E-state index is 12.8. The first kappa shape index (κ1) is 62.1. The minimum atomic E-state index is -0.834. The molecule has 0 aromatic carbocycles. The average molecular weight is 915 g/mol. The Morgan fingerprint density at radius 2 is 0.682 bits per heavy atom. The lowest BCUT2D eigenvalue weighted by Crippen LogP contribution is -2.30. The highest BCUT2D eigenvalue weighted by Crippen LogP contribution is 2.12. The lowest BCUT2D eigenvalue weighted by atomic mass is 10.1. The first-order valence-electron chi connectivity index (χ1n) is 26.9. The molecular formula is C60H98O6. The third-order valence-corrected chi connectivity index (χ3v) is 11.1. The molecule has 0 rings (SSSR count). The number of carbonyl (C=O) groups is 3. The van der Waals surface area contributed by atoms with E-state index in [2.05, 4.69) is 118 Å². The van der Waals surface area contributed by atoms with Gasteiger partial charge in [0.15, 0.2) is 6.10 Å². The maximum Gasteiger partial charge on any atom is 0.306 e. The second kappa shape index (κ2) is 53.7. The van der Waals surface area contributed by atoms with Gasteiger partial charge in [-0.2, -0.15) is 0 Å². The number of rotatable bonds is 47. The third-order valence-electron chi connectivity index (χ3n) is 11.1. The van der Waals surface area contributed by atoms with E-state index in [0.29, 0.717) is 19.3 Å². The van der Waals surface area contributed by atoms with Crippen LogP contribution in [0.4, 0.5) is 0 Å². The fraction of sp³-hybridized carbons (Fsp3) is 0.650. The Morgan fingerprint density at radius 3 is 1.12 bits per heavy atom. The van der Waals surface area contributed by atoms with Gasteiger partial charge in [-0.1, -0.05) is 220 Å². The number of allylic oxidation sites excluding steroid dienone is 18. The van der Waals surface area contributed by atoms with E-state index in [9.17, 15) is 14.4 Å². The van der Waals surface area contributed by atoms with E-state index in [0.717, 1.165) is 109 Å². The highest BCUT2D eigenvalue weighted by atomic mass is 16.6. The zero-order valence-electron chi connectivity index (χ0n) is 42.7. The Morgan fingerprint density at radius 1 is 0.333 bits per heavy atom. The summed E-state index contributed by atoms with van der Waals surface area (Å²) in [7, 11) is 0. The molecule has 0 saturated carbocycles. The minimum absolute atomic E-state index is 0.124. The van der Waals surface area contributed by atoms with E-state index < -0.39 is 12.1 Å². The molecule has 1 unspecified atom stereocenters. The molecule has 374 valence electrons. The first-order chi connectivity index (χ1) is 32.5. The molecule has 0 aliphatic heterocycles. The molecule has 0 saturated heterocycles. The van der Waals surface area contributed by atoms with Crippen molar-refractivity contribution in [1.82, 2.24) is 0 Å². The van der Waals surface area contributed by atoms with Crippen molar-refractivity contribution >= 4 is 17.9 Å². The second-order valence-electron chi connectivity index (χ2n) is 17.5. The summed E-state index contributed by atoms with van der Waals surface area (Å²) < 4.78 is 16.7. The number of hydrogen-bond donors (Lipinski definition) is 0. The topological polar surface area (TPSA) is 78.9 Å². The number of ether oxygens (including phenoxy) is 3. The average Bonchev–Trinajstić information content (AvgIpc) is 3.31. The Bertz CT molecular complexity index is 1370. The van der Waals surface area contributed by atoms with Crippen LogP contribution in [0.1, 0.15) is 233 Å². The highest BCUT2D eigenvalue weighted by molar-refractivity contribution is 5.71. The van der Waals surface area contributed by atoms with Gasteiger partial charge in [0, 0.05) is 19.3 Å². The molecule has 0 aromatic rings. The number of esters is 3. The highest BCUT2D eigenvalue weighted by Gasteiger charge is 2.19. The molecule has 0 bridgehead atoms. The van der Waals surface area contributed by atoms with Crippen LogP contribution in [0.15, 0.2) is 109 Å². The van der Waals surface area contributed by atoms with Crippen molar-refractivity contribution in [3.63, 3.8) is 0 Å². The van der Waals surface area contributed by atoms with Gasteiger partial charge < -0.3 is 14.2 Å². The van der Waals surface area contributed by atoms with Crippen LogP contribution < -0.4 is 0 Å². The summed E-state index contributed by atoms with van der Waals surface area (Å²) in [6.07, 6.45) is 72.3. The van der Waals surface area contributed by atoms with Crippen LogP contribution in [0.5, 0.6) is 0 Å². The zero-order valence-corrected chi connectivity index (χ0v) is 42.7. The standard InChI is InChI=1S/C60H98O6/c1-4-7-10-13-16-19-22-25-28-30-31-33-35-38-41-44-47-50-53-59(62)65-56-57(55-64-58(61)52-49-46-43-40-37-34-27-24-21-18-15-12-9-6-3)66-60(63)54-51-48-45-42-39-36-32-29-26-23-20-17-14-11-8-5-2/h8,11,17,20,22,25-26,28-31,33-34,36-37,39,45,48,57H,4-7,9-10,12-16,18-19,21,23-24,27,32,35,38,40-44,46-47,49-56H2,1-3H3/b11-8-,20-17-,25-22-,29-26-,30-28-,33-31-,37-34-,39-36-,48-45-. The van der Waals surface area contributed by atoms with E-state index in [1.165, 1.54) is 77.0 Å². The van der Waals surface area contributed by atoms with Crippen molar-refractivity contribution in [2.75, 3.05) is 13.2 Å². The minimum Gasteiger partial charge on any atom is -0.462 e. The van der Waals surface area contributed by atoms with Crippen LogP contribution in [0.3, 0.4) is 0 Å². The van der Waals surface area contributed by atoms with E-state index in [1.807, 2.05) is 12.2 Å². The number of hydrogen-bond acceptors (Lipinski definition) is 6. The van der Waals surface area contributed by atoms with Gasteiger partial charge in [-0.15, -0.1) is 0 Å². The van der Waals surface area contributed by atoms with Crippen molar-refractivity contribution in [3.05, 3.63) is 109 Å². The van der Waals surface area contributed by atoms with Gasteiger partial charge in [0.1, 0.15) is 13.2 Å². The van der Waals surface area contributed by atoms with Crippen molar-refractivity contribution in [3.8, 4) is 0 Å². The predicted molar refractivity (Wildman–Crippen MR) is 283 cm³/mol. The molecule has 0 aliphatic rings. The van der Waals surface area contributed by atoms with Gasteiger partial charge in [-0.25, -0.2) is 0 Å². The maximum atomic E-state index is 12.8. The van der Waals surface area contributed by atoms with Crippen molar-refractivity contribution < 1.29 is 28.6 Å². The molecule has 0 radical (unpaired) electrons. The Balaban J connectivity index is 4.56. The lowest BCUT2D eigenvalue weighted by molar-refractivity contribution is -0.166. The quantitative estimate of drug-likeness (QED) is 0.0199. The smallest absolute Gasteiger partial charge is 0.306 e. The van der Waals surface area contributed by atoms with Gasteiger partial charge in [0.2, 0.25) is 0 Å². The molecular weight excluding hydrogens is 817 g/mol. The molecule has 1 atom stereocenters. The van der Waals surface area contributed by atoms with Crippen LogP contribution in [0.2, 0.25) is 0 Å². The molecule has 6 nitrogen and oxygen atoms in total. The fourth-order valence-electron chi connectivity index (χ4n) is 7.02. The summed E-state index contributed by atoms with van der Waals surface area (Å²) in [6.45, 7) is 6.40. The second-order valence-corrected chi connectivity index (χ2v) is 17.5. The Kier molecular flexibility index (Phi) is 50.5. The Hall–Kier alpha value is -3.93. The van der Waals surface area contributed by atoms with Gasteiger partial charge in [-0.05, 0) is 103 Å². The molecule has 0 fully saturated rings. The molecule has 0 heterocycles. The number of unbranched alkanes of at least 4 members (excludes halogenated alkanes) is 20. The molecule has 0 spiro atoms. The number of carbonyl (C=O) groups excluding carboxylic acids is 3. The summed E-state index contributed by atoms with van der Waals surface area (Å²) in [4.78, 5) is 38.0. The monoisotopic (exact) mass is 915 g/mol. The van der Waals surface area contributed by atoms with Gasteiger partial charge in [0.25, 0.3) is 0 Å². The van der Waals surface area contributed by atoms with Crippen LogP contribution >= 0.6 is 0 Å². The lowest BCUT2D eigenvalue weighted by Gasteiger charge is -2.18. The zero-order chi connectivity index (χ0) is 47.9. The summed E-state index contributed by atoms with van der Waals surface area (Å²) >= 11 is 0. The van der Waals surface area contributed by atoms with E-state index in [-0.39, 0.29) is 31.6 Å². The fourth-order valence-corrected chi connectivity index (χ4v) is 7.02. The summed E-state index contributed by atoms with van der Waals surface area (Å²) in [5.41, 5.74) is 0. The SMILES string of the molecule is CC/C=C\C/C=C\C/C=C\C/C=C\C/C=C\CCC(=O)OC(COC(=O)CCCCC/C=C\CCCCCCCCC)COC(=O)CCCCCCC\C=C/C=C\C=C/CCCCCCC. The van der Waals surface area contributed by atoms with Gasteiger partial charge >= 0.3 is 17.9 Å². The van der Waals surface area contributed by atoms with E-state index >= 15 is 0 Å². The van der Waals surface area contributed by atoms with Crippen molar-refractivity contribution in [2.24, 2.45) is 0 Å². The van der Waals surface area contributed by atoms with Crippen LogP contribution in [0, 0.1) is 0 Å². The molecule has 0 aliphatic carbocycles. The summed E-state index contributed by atoms with van der Waals surface area (Å²) in [6, 6.07) is 0. The van der Waals surface area contributed by atoms with E-state index in [1.54, 1.807) is 0 Å². The molecule has 0 N–H and O–H groups in total. The van der Waals surface area contributed by atoms with Gasteiger partial charge in [0.05, 0.1) is 0 Å².